The molecule has 162 valence electrons. The van der Waals surface area contributed by atoms with Crippen LogP contribution in [0.15, 0.2) is 66.7 Å². The van der Waals surface area contributed by atoms with Gasteiger partial charge in [0.25, 0.3) is 0 Å². The molecule has 0 aromatic heterocycles. The molecule has 0 aliphatic heterocycles. The van der Waals surface area contributed by atoms with Crippen molar-refractivity contribution < 1.29 is 14.3 Å². The molecule has 0 saturated heterocycles. The molecule has 31 heavy (non-hydrogen) atoms. The van der Waals surface area contributed by atoms with Gasteiger partial charge in [-0.05, 0) is 60.8 Å². The molecule has 0 atom stereocenters. The molecule has 0 bridgehead atoms. The molecule has 0 aliphatic rings. The average molecular weight is 419 g/mol. The van der Waals surface area contributed by atoms with E-state index in [2.05, 4.69) is 23.5 Å². The second-order valence-electron chi connectivity index (χ2n) is 7.67. The Balaban J connectivity index is 1.64. The van der Waals surface area contributed by atoms with E-state index in [1.165, 1.54) is 5.56 Å². The van der Waals surface area contributed by atoms with Crippen molar-refractivity contribution in [3.63, 3.8) is 0 Å². The van der Waals surface area contributed by atoms with E-state index in [0.717, 1.165) is 28.8 Å². The fourth-order valence-electron chi connectivity index (χ4n) is 3.59. The van der Waals surface area contributed by atoms with Crippen molar-refractivity contribution in [1.82, 2.24) is 4.90 Å². The van der Waals surface area contributed by atoms with Crippen molar-refractivity contribution in [2.24, 2.45) is 0 Å². The summed E-state index contributed by atoms with van der Waals surface area (Å²) in [5.74, 6) is 1.36. The molecule has 3 aromatic rings. The van der Waals surface area contributed by atoms with Crippen molar-refractivity contribution in [1.29, 1.82) is 0 Å². The summed E-state index contributed by atoms with van der Waals surface area (Å²) in [6, 6.07) is 22.1. The largest absolute Gasteiger partial charge is 0.493 e. The maximum Gasteiger partial charge on any atom is 0.238 e. The maximum atomic E-state index is 12.7. The van der Waals surface area contributed by atoms with Crippen LogP contribution in [0.5, 0.6) is 11.5 Å². The fraction of sp³-hybridized carbons (Fsp3) is 0.269. The summed E-state index contributed by atoms with van der Waals surface area (Å²) in [5, 5.41) is 3.08. The lowest BCUT2D eigenvalue weighted by Crippen LogP contribution is -2.30. The van der Waals surface area contributed by atoms with Gasteiger partial charge in [0.15, 0.2) is 11.5 Å². The van der Waals surface area contributed by atoms with E-state index < -0.39 is 0 Å². The van der Waals surface area contributed by atoms with Crippen molar-refractivity contribution >= 4 is 11.6 Å². The highest BCUT2D eigenvalue weighted by Gasteiger charge is 2.13. The molecule has 1 amide bonds. The zero-order valence-electron chi connectivity index (χ0n) is 18.6. The number of rotatable bonds is 9. The van der Waals surface area contributed by atoms with Gasteiger partial charge in [-0.2, -0.15) is 0 Å². The molecular weight excluding hydrogens is 388 g/mol. The Kier molecular flexibility index (Phi) is 7.68. The number of nitrogens with zero attached hydrogens (tertiary/aromatic N) is 1. The molecular formula is C26H30N2O3. The second kappa shape index (κ2) is 10.6. The molecule has 3 rings (SSSR count). The average Bonchev–Trinajstić information content (AvgIpc) is 2.76. The third kappa shape index (κ3) is 6.09. The minimum absolute atomic E-state index is 0.0406. The predicted molar refractivity (Wildman–Crippen MR) is 125 cm³/mol. The Morgan fingerprint density at radius 2 is 1.55 bits per heavy atom. The van der Waals surface area contributed by atoms with E-state index in [9.17, 15) is 4.79 Å². The number of carbonyl (C=O) groups excluding carboxylic acids is 1. The first-order chi connectivity index (χ1) is 15.0. The topological polar surface area (TPSA) is 50.8 Å². The van der Waals surface area contributed by atoms with Crippen LogP contribution >= 0.6 is 0 Å². The number of anilines is 1. The first kappa shape index (κ1) is 22.4. The van der Waals surface area contributed by atoms with Crippen LogP contribution in [0.3, 0.4) is 0 Å². The van der Waals surface area contributed by atoms with Crippen LogP contribution < -0.4 is 14.8 Å². The number of methoxy groups -OCH3 is 2. The normalized spacial score (nSPS) is 10.7. The van der Waals surface area contributed by atoms with Gasteiger partial charge in [0, 0.05) is 12.2 Å². The third-order valence-electron chi connectivity index (χ3n) is 5.22. The van der Waals surface area contributed by atoms with Gasteiger partial charge in [0.1, 0.15) is 0 Å². The van der Waals surface area contributed by atoms with Crippen LogP contribution in [0, 0.1) is 6.92 Å². The summed E-state index contributed by atoms with van der Waals surface area (Å²) < 4.78 is 10.8. The van der Waals surface area contributed by atoms with Crippen LogP contribution in [0.1, 0.15) is 22.3 Å². The zero-order chi connectivity index (χ0) is 22.2. The van der Waals surface area contributed by atoms with Crippen LogP contribution in [-0.4, -0.2) is 38.6 Å². The van der Waals surface area contributed by atoms with E-state index >= 15 is 0 Å². The number of benzene rings is 3. The van der Waals surface area contributed by atoms with Crippen LogP contribution in [0.2, 0.25) is 0 Å². The van der Waals surface area contributed by atoms with Crippen LogP contribution in [0.25, 0.3) is 0 Å². The van der Waals surface area contributed by atoms with Gasteiger partial charge in [-0.15, -0.1) is 0 Å². The van der Waals surface area contributed by atoms with Crippen molar-refractivity contribution in [3.05, 3.63) is 89.0 Å². The van der Waals surface area contributed by atoms with Gasteiger partial charge in [0.05, 0.1) is 20.8 Å². The van der Waals surface area contributed by atoms with Gasteiger partial charge >= 0.3 is 0 Å². The summed E-state index contributed by atoms with van der Waals surface area (Å²) in [4.78, 5) is 14.7. The molecule has 0 heterocycles. The number of amides is 1. The second-order valence-corrected chi connectivity index (χ2v) is 7.67. The van der Waals surface area contributed by atoms with Crippen molar-refractivity contribution in [3.8, 4) is 11.5 Å². The lowest BCUT2D eigenvalue weighted by molar-refractivity contribution is -0.117. The Hall–Kier alpha value is -3.31. The molecule has 3 aromatic carbocycles. The Morgan fingerprint density at radius 1 is 0.903 bits per heavy atom. The molecule has 0 aliphatic carbocycles. The summed E-state index contributed by atoms with van der Waals surface area (Å²) in [6.45, 7) is 2.95. The highest BCUT2D eigenvalue weighted by Crippen LogP contribution is 2.30. The summed E-state index contributed by atoms with van der Waals surface area (Å²) >= 11 is 0. The molecule has 0 saturated carbocycles. The van der Waals surface area contributed by atoms with Gasteiger partial charge < -0.3 is 14.8 Å². The molecule has 0 unspecified atom stereocenters. The standard InChI is InChI=1S/C26H30N2O3/c1-19-14-24(30-3)25(31-4)16-22(19)17-28(2)18-26(29)27-23-13-9-8-12-21(23)15-20-10-6-5-7-11-20/h5-14,16H,15,17-18H2,1-4H3,(H,27,29). The molecule has 5 nitrogen and oxygen atoms in total. The van der Waals surface area contributed by atoms with E-state index in [1.807, 2.05) is 67.4 Å². The minimum atomic E-state index is -0.0406. The first-order valence-corrected chi connectivity index (χ1v) is 10.3. The first-order valence-electron chi connectivity index (χ1n) is 10.3. The van der Waals surface area contributed by atoms with Crippen molar-refractivity contribution in [2.75, 3.05) is 33.1 Å². The maximum absolute atomic E-state index is 12.7. The number of nitrogens with one attached hydrogen (secondary N) is 1. The lowest BCUT2D eigenvalue weighted by Gasteiger charge is -2.20. The highest BCUT2D eigenvalue weighted by atomic mass is 16.5. The van der Waals surface area contributed by atoms with E-state index in [0.29, 0.717) is 18.0 Å². The summed E-state index contributed by atoms with van der Waals surface area (Å²) in [6.07, 6.45) is 0.776. The van der Waals surface area contributed by atoms with Gasteiger partial charge in [-0.3, -0.25) is 9.69 Å². The number of hydrogen-bond donors (Lipinski definition) is 1. The Bertz CT molecular complexity index is 1020. The predicted octanol–water partition coefficient (Wildman–Crippen LogP) is 4.67. The van der Waals surface area contributed by atoms with E-state index in [-0.39, 0.29) is 12.5 Å². The lowest BCUT2D eigenvalue weighted by atomic mass is 10.0. The molecule has 5 heteroatoms. The van der Waals surface area contributed by atoms with E-state index in [4.69, 9.17) is 9.47 Å². The van der Waals surface area contributed by atoms with Gasteiger partial charge in [0.2, 0.25) is 5.91 Å². The van der Waals surface area contributed by atoms with Gasteiger partial charge in [-0.25, -0.2) is 0 Å². The molecule has 1 N–H and O–H groups in total. The number of carbonyl (C=O) groups is 1. The number of likely N-dealkylation sites (N-methyl/N-ethyl adjacent to an activating group) is 1. The zero-order valence-corrected chi connectivity index (χ0v) is 18.6. The third-order valence-corrected chi connectivity index (χ3v) is 5.22. The summed E-state index contributed by atoms with van der Waals surface area (Å²) in [7, 11) is 5.19. The van der Waals surface area contributed by atoms with Crippen molar-refractivity contribution in [2.45, 2.75) is 19.9 Å². The summed E-state index contributed by atoms with van der Waals surface area (Å²) in [5.41, 5.74) is 5.35. The molecule has 0 fully saturated rings. The fourth-order valence-corrected chi connectivity index (χ4v) is 3.59. The number of hydrogen-bond acceptors (Lipinski definition) is 4. The highest BCUT2D eigenvalue weighted by molar-refractivity contribution is 5.93. The van der Waals surface area contributed by atoms with Crippen LogP contribution in [-0.2, 0) is 17.8 Å². The van der Waals surface area contributed by atoms with Crippen LogP contribution in [0.4, 0.5) is 5.69 Å². The quantitative estimate of drug-likeness (QED) is 0.549. The monoisotopic (exact) mass is 418 g/mol. The van der Waals surface area contributed by atoms with E-state index in [1.54, 1.807) is 14.2 Å². The SMILES string of the molecule is COc1cc(C)c(CN(C)CC(=O)Nc2ccccc2Cc2ccccc2)cc1OC. The molecule has 0 spiro atoms. The minimum Gasteiger partial charge on any atom is -0.493 e. The number of para-hydroxylation sites is 1. The smallest absolute Gasteiger partial charge is 0.238 e. The number of ether oxygens (including phenoxy) is 2. The van der Waals surface area contributed by atoms with Gasteiger partial charge in [-0.1, -0.05) is 48.5 Å². The number of aryl methyl sites for hydroxylation is 1. The molecule has 0 radical (unpaired) electrons. The Labute approximate surface area is 184 Å². The Morgan fingerprint density at radius 3 is 2.26 bits per heavy atom.